The van der Waals surface area contributed by atoms with Crippen molar-refractivity contribution in [3.8, 4) is 22.6 Å². The van der Waals surface area contributed by atoms with Crippen molar-refractivity contribution < 1.29 is 4.39 Å². The van der Waals surface area contributed by atoms with Crippen LogP contribution in [0.15, 0.2) is 85.1 Å². The van der Waals surface area contributed by atoms with E-state index in [9.17, 15) is 4.39 Å². The number of nitrogens with one attached hydrogen (secondary N) is 3. The molecular formula is C29H27FN6. The van der Waals surface area contributed by atoms with Gasteiger partial charge in [-0.2, -0.15) is 5.10 Å². The van der Waals surface area contributed by atoms with Crippen LogP contribution in [0.2, 0.25) is 0 Å². The van der Waals surface area contributed by atoms with E-state index in [2.05, 4.69) is 45.1 Å². The molecule has 4 heterocycles. The van der Waals surface area contributed by atoms with Crippen LogP contribution in [-0.2, 0) is 0 Å². The summed E-state index contributed by atoms with van der Waals surface area (Å²) in [5.74, 6) is -0.295. The second kappa shape index (κ2) is 10.1. The molecule has 4 aromatic heterocycles. The van der Waals surface area contributed by atoms with Gasteiger partial charge in [0, 0.05) is 29.2 Å². The summed E-state index contributed by atoms with van der Waals surface area (Å²) in [6.45, 7) is 9.65. The van der Waals surface area contributed by atoms with Crippen molar-refractivity contribution in [3.05, 3.63) is 96.6 Å². The molecule has 0 spiro atoms. The lowest BCUT2D eigenvalue weighted by molar-refractivity contribution is 0.628. The molecule has 0 bridgehead atoms. The Bertz CT molecular complexity index is 1620. The van der Waals surface area contributed by atoms with Crippen molar-refractivity contribution in [3.63, 3.8) is 0 Å². The average Bonchev–Trinajstić information content (AvgIpc) is 3.52. The van der Waals surface area contributed by atoms with Crippen molar-refractivity contribution in [2.45, 2.75) is 13.8 Å². The molecule has 6 nitrogen and oxygen atoms in total. The predicted octanol–water partition coefficient (Wildman–Crippen LogP) is 6.43. The van der Waals surface area contributed by atoms with Crippen LogP contribution in [0, 0.1) is 5.82 Å². The molecule has 36 heavy (non-hydrogen) atoms. The molecule has 0 atom stereocenters. The number of halogens is 1. The van der Waals surface area contributed by atoms with E-state index in [1.54, 1.807) is 12.3 Å². The first kappa shape index (κ1) is 23.4. The Morgan fingerprint density at radius 3 is 2.78 bits per heavy atom. The van der Waals surface area contributed by atoms with Gasteiger partial charge in [0.1, 0.15) is 17.0 Å². The van der Waals surface area contributed by atoms with Crippen molar-refractivity contribution in [1.29, 1.82) is 0 Å². The standard InChI is InChI=1S/C29H27FN6/c1-4-18(17-31-6-3)14-19(5-2)23-10-11-25-28(34-23)29(36-35-25)26-16-22-24(33-26)12-13-32-27(22)20-8-7-9-21(30)15-20/h4-5,7-16,31,33H,1,6,17H2,2-3H3,(H,35,36)/b18-14+,19-5+. The van der Waals surface area contributed by atoms with Crippen molar-refractivity contribution in [2.24, 2.45) is 0 Å². The third kappa shape index (κ3) is 4.48. The van der Waals surface area contributed by atoms with Crippen molar-refractivity contribution in [2.75, 3.05) is 13.1 Å². The molecule has 5 aromatic rings. The van der Waals surface area contributed by atoms with Gasteiger partial charge in [-0.3, -0.25) is 10.1 Å². The molecule has 0 radical (unpaired) electrons. The highest BCUT2D eigenvalue weighted by atomic mass is 19.1. The Labute approximate surface area is 208 Å². The summed E-state index contributed by atoms with van der Waals surface area (Å²) in [5.41, 5.74) is 8.39. The molecule has 7 heteroatoms. The molecular weight excluding hydrogens is 451 g/mol. The Morgan fingerprint density at radius 2 is 2.00 bits per heavy atom. The SMILES string of the molecule is C=C/C(=C\C(=C/C)c1ccc2[nH]nc(-c3cc4c(-c5cccc(F)c5)nccc4[nH]3)c2n1)CNCC. The highest BCUT2D eigenvalue weighted by Gasteiger charge is 2.16. The number of benzene rings is 1. The van der Waals surface area contributed by atoms with Crippen LogP contribution in [0.3, 0.4) is 0 Å². The van der Waals surface area contributed by atoms with Gasteiger partial charge >= 0.3 is 0 Å². The summed E-state index contributed by atoms with van der Waals surface area (Å²) < 4.78 is 13.9. The largest absolute Gasteiger partial charge is 0.353 e. The van der Waals surface area contributed by atoms with Gasteiger partial charge < -0.3 is 10.3 Å². The van der Waals surface area contributed by atoms with Gasteiger partial charge in [0.05, 0.1) is 22.6 Å². The third-order valence-electron chi connectivity index (χ3n) is 6.10. The molecule has 0 aliphatic heterocycles. The Kier molecular flexibility index (Phi) is 6.56. The second-order valence-corrected chi connectivity index (χ2v) is 8.43. The Balaban J connectivity index is 1.58. The van der Waals surface area contributed by atoms with E-state index in [0.717, 1.165) is 63.1 Å². The van der Waals surface area contributed by atoms with Crippen LogP contribution in [0.4, 0.5) is 4.39 Å². The van der Waals surface area contributed by atoms with Crippen LogP contribution in [0.5, 0.6) is 0 Å². The van der Waals surface area contributed by atoms with Gasteiger partial charge in [-0.1, -0.05) is 37.8 Å². The number of likely N-dealkylation sites (N-methyl/N-ethyl adjacent to an activating group) is 1. The van der Waals surface area contributed by atoms with Gasteiger partial charge in [0.15, 0.2) is 0 Å². The number of hydrogen-bond donors (Lipinski definition) is 3. The van der Waals surface area contributed by atoms with Crippen LogP contribution >= 0.6 is 0 Å². The van der Waals surface area contributed by atoms with Gasteiger partial charge in [-0.05, 0) is 67.1 Å². The molecule has 0 fully saturated rings. The normalized spacial score (nSPS) is 12.5. The van der Waals surface area contributed by atoms with E-state index in [0.29, 0.717) is 11.4 Å². The zero-order chi connectivity index (χ0) is 25.1. The summed E-state index contributed by atoms with van der Waals surface area (Å²) in [7, 11) is 0. The smallest absolute Gasteiger partial charge is 0.135 e. The van der Waals surface area contributed by atoms with E-state index in [-0.39, 0.29) is 5.82 Å². The molecule has 0 unspecified atom stereocenters. The van der Waals surface area contributed by atoms with E-state index in [1.807, 2.05) is 49.4 Å². The summed E-state index contributed by atoms with van der Waals surface area (Å²) in [4.78, 5) is 12.9. The predicted molar refractivity (Wildman–Crippen MR) is 145 cm³/mol. The van der Waals surface area contributed by atoms with Gasteiger partial charge in [-0.15, -0.1) is 0 Å². The fourth-order valence-corrected chi connectivity index (χ4v) is 4.25. The lowest BCUT2D eigenvalue weighted by Crippen LogP contribution is -2.15. The monoisotopic (exact) mass is 478 g/mol. The first-order valence-corrected chi connectivity index (χ1v) is 11.9. The number of aromatic nitrogens is 5. The molecule has 0 saturated heterocycles. The van der Waals surface area contributed by atoms with Gasteiger partial charge in [0.25, 0.3) is 0 Å². The first-order chi connectivity index (χ1) is 17.6. The number of hydrogen-bond acceptors (Lipinski definition) is 4. The minimum absolute atomic E-state index is 0.295. The van der Waals surface area contributed by atoms with Crippen molar-refractivity contribution in [1.82, 2.24) is 30.5 Å². The number of fused-ring (bicyclic) bond motifs is 2. The second-order valence-electron chi connectivity index (χ2n) is 8.43. The molecule has 0 aliphatic carbocycles. The zero-order valence-corrected chi connectivity index (χ0v) is 20.3. The maximum absolute atomic E-state index is 13.9. The number of allylic oxidation sites excluding steroid dienone is 3. The highest BCUT2D eigenvalue weighted by Crippen LogP contribution is 2.33. The maximum Gasteiger partial charge on any atom is 0.135 e. The Morgan fingerprint density at radius 1 is 1.11 bits per heavy atom. The molecule has 1 aromatic carbocycles. The van der Waals surface area contributed by atoms with E-state index < -0.39 is 0 Å². The quantitative estimate of drug-likeness (QED) is 0.224. The van der Waals surface area contributed by atoms with Gasteiger partial charge in [0.2, 0.25) is 0 Å². The minimum Gasteiger partial charge on any atom is -0.353 e. The average molecular weight is 479 g/mol. The minimum atomic E-state index is -0.295. The Hall–Kier alpha value is -4.36. The summed E-state index contributed by atoms with van der Waals surface area (Å²) >= 11 is 0. The van der Waals surface area contributed by atoms with E-state index in [4.69, 9.17) is 4.98 Å². The van der Waals surface area contributed by atoms with Gasteiger partial charge in [-0.25, -0.2) is 9.37 Å². The molecule has 0 saturated carbocycles. The summed E-state index contributed by atoms with van der Waals surface area (Å²) in [6, 6.07) is 14.3. The highest BCUT2D eigenvalue weighted by molar-refractivity contribution is 5.99. The topological polar surface area (TPSA) is 82.3 Å². The lowest BCUT2D eigenvalue weighted by atomic mass is 10.1. The molecule has 5 rings (SSSR count). The molecule has 0 amide bonds. The van der Waals surface area contributed by atoms with E-state index in [1.165, 1.54) is 12.1 Å². The van der Waals surface area contributed by atoms with Crippen LogP contribution in [0.1, 0.15) is 19.5 Å². The number of aromatic amines is 2. The zero-order valence-electron chi connectivity index (χ0n) is 20.3. The maximum atomic E-state index is 13.9. The molecule has 0 aliphatic rings. The van der Waals surface area contributed by atoms with Crippen molar-refractivity contribution >= 4 is 27.5 Å². The third-order valence-corrected chi connectivity index (χ3v) is 6.10. The van der Waals surface area contributed by atoms with Crippen LogP contribution in [-0.4, -0.2) is 38.2 Å². The molecule has 3 N–H and O–H groups in total. The number of pyridine rings is 2. The van der Waals surface area contributed by atoms with Crippen LogP contribution in [0.25, 0.3) is 50.2 Å². The summed E-state index contributed by atoms with van der Waals surface area (Å²) in [6.07, 6.45) is 7.73. The number of nitrogens with zero attached hydrogens (tertiary/aromatic N) is 3. The van der Waals surface area contributed by atoms with Crippen LogP contribution < -0.4 is 5.32 Å². The first-order valence-electron chi connectivity index (χ1n) is 11.9. The number of H-pyrrole nitrogens is 2. The fourth-order valence-electron chi connectivity index (χ4n) is 4.25. The molecule has 180 valence electrons. The fraction of sp³-hybridized carbons (Fsp3) is 0.138. The summed E-state index contributed by atoms with van der Waals surface area (Å²) in [5, 5.41) is 11.9. The number of rotatable bonds is 8. The van der Waals surface area contributed by atoms with E-state index >= 15 is 0 Å². The lowest BCUT2D eigenvalue weighted by Gasteiger charge is -2.06.